The number of rotatable bonds is 7. The van der Waals surface area contributed by atoms with Crippen molar-refractivity contribution in [2.45, 2.75) is 70.0 Å². The normalized spacial score (nSPS) is 26.4. The summed E-state index contributed by atoms with van der Waals surface area (Å²) in [5, 5.41) is 8.28. The first-order valence-electron chi connectivity index (χ1n) is 12.0. The summed E-state index contributed by atoms with van der Waals surface area (Å²) < 4.78 is 2.03. The van der Waals surface area contributed by atoms with Crippen LogP contribution in [0, 0.1) is 5.92 Å². The van der Waals surface area contributed by atoms with Crippen molar-refractivity contribution < 1.29 is 0 Å². The Balaban J connectivity index is 1.25. The van der Waals surface area contributed by atoms with Crippen molar-refractivity contribution in [3.8, 4) is 0 Å². The number of hydrogen-bond donors (Lipinski definition) is 4. The summed E-state index contributed by atoms with van der Waals surface area (Å²) in [6, 6.07) is 2.55. The molecule has 0 amide bonds. The Morgan fingerprint density at radius 2 is 2.00 bits per heavy atom. The van der Waals surface area contributed by atoms with E-state index >= 15 is 0 Å². The minimum absolute atomic E-state index is 0.268. The highest BCUT2D eigenvalue weighted by Gasteiger charge is 2.36. The van der Waals surface area contributed by atoms with Gasteiger partial charge in [-0.3, -0.25) is 15.5 Å². The molecule has 3 unspecified atom stereocenters. The van der Waals surface area contributed by atoms with Gasteiger partial charge in [0.1, 0.15) is 5.82 Å². The molecule has 5 rings (SSSR count). The number of nitrogens with one attached hydrogen (secondary N) is 3. The molecule has 2 aromatic rings. The maximum Gasteiger partial charge on any atom is 0.228 e. The third-order valence-electron chi connectivity index (χ3n) is 7.23. The molecule has 3 fully saturated rings. The molecule has 1 saturated carbocycles. The summed E-state index contributed by atoms with van der Waals surface area (Å²) in [6.07, 6.45) is 7.96. The van der Waals surface area contributed by atoms with E-state index in [1.54, 1.807) is 0 Å². The Bertz CT molecular complexity index is 919. The fourth-order valence-corrected chi connectivity index (χ4v) is 5.27. The van der Waals surface area contributed by atoms with E-state index in [9.17, 15) is 0 Å². The monoisotopic (exact) mass is 440 g/mol. The van der Waals surface area contributed by atoms with Crippen molar-refractivity contribution in [2.75, 3.05) is 37.2 Å². The second-order valence-electron chi connectivity index (χ2n) is 10.0. The van der Waals surface area contributed by atoms with Gasteiger partial charge in [0.2, 0.25) is 11.9 Å². The van der Waals surface area contributed by atoms with Gasteiger partial charge in [-0.2, -0.15) is 20.1 Å². The quantitative estimate of drug-likeness (QED) is 0.507. The molecule has 32 heavy (non-hydrogen) atoms. The SMILES string of the molecule is CC(C)(Nc1nc(N)nc(C2CCC3CNNC3C2)n1)c1ccn(CCN2CCCC2)n1. The van der Waals surface area contributed by atoms with Gasteiger partial charge in [-0.1, -0.05) is 0 Å². The first kappa shape index (κ1) is 21.5. The van der Waals surface area contributed by atoms with Crippen molar-refractivity contribution >= 4 is 11.9 Å². The summed E-state index contributed by atoms with van der Waals surface area (Å²) in [5.41, 5.74) is 13.3. The van der Waals surface area contributed by atoms with Gasteiger partial charge in [-0.25, -0.2) is 0 Å². The van der Waals surface area contributed by atoms with E-state index in [0.717, 1.165) is 44.0 Å². The van der Waals surface area contributed by atoms with E-state index < -0.39 is 5.54 Å². The van der Waals surface area contributed by atoms with E-state index in [0.29, 0.717) is 23.8 Å². The molecule has 3 atom stereocenters. The van der Waals surface area contributed by atoms with Crippen molar-refractivity contribution in [2.24, 2.45) is 5.92 Å². The Morgan fingerprint density at radius 1 is 1.16 bits per heavy atom. The number of likely N-dealkylation sites (tertiary alicyclic amines) is 1. The third kappa shape index (κ3) is 4.72. The van der Waals surface area contributed by atoms with Crippen LogP contribution in [0.25, 0.3) is 0 Å². The molecule has 2 aliphatic heterocycles. The topological polar surface area (TPSA) is 122 Å². The fraction of sp³-hybridized carbons (Fsp3) is 0.727. The van der Waals surface area contributed by atoms with Crippen molar-refractivity contribution in [3.05, 3.63) is 23.8 Å². The number of nitrogens with zero attached hydrogens (tertiary/aromatic N) is 6. The van der Waals surface area contributed by atoms with Gasteiger partial charge < -0.3 is 16.0 Å². The molecule has 0 spiro atoms. The van der Waals surface area contributed by atoms with Crippen LogP contribution in [0.3, 0.4) is 0 Å². The minimum Gasteiger partial charge on any atom is -0.368 e. The Labute approximate surface area is 189 Å². The zero-order valence-corrected chi connectivity index (χ0v) is 19.2. The highest BCUT2D eigenvalue weighted by molar-refractivity contribution is 5.37. The maximum absolute atomic E-state index is 6.08. The molecule has 5 N–H and O–H groups in total. The Kier molecular flexibility index (Phi) is 6.00. The average Bonchev–Trinajstić information content (AvgIpc) is 3.52. The number of hydrazine groups is 1. The van der Waals surface area contributed by atoms with Gasteiger partial charge in [-0.15, -0.1) is 0 Å². The zero-order chi connectivity index (χ0) is 22.1. The van der Waals surface area contributed by atoms with Crippen LogP contribution in [-0.4, -0.2) is 61.9 Å². The number of anilines is 2. The fourth-order valence-electron chi connectivity index (χ4n) is 5.27. The predicted octanol–water partition coefficient (Wildman–Crippen LogP) is 1.45. The summed E-state index contributed by atoms with van der Waals surface area (Å²) in [6.45, 7) is 9.61. The molecule has 3 aliphatic rings. The number of nitrogens with two attached hydrogens (primary N) is 1. The smallest absolute Gasteiger partial charge is 0.228 e. The first-order valence-corrected chi connectivity index (χ1v) is 12.0. The van der Waals surface area contributed by atoms with Crippen LogP contribution in [-0.2, 0) is 12.1 Å². The molecule has 10 heteroatoms. The van der Waals surface area contributed by atoms with Crippen molar-refractivity contribution in [1.29, 1.82) is 0 Å². The van der Waals surface area contributed by atoms with E-state index in [1.165, 1.54) is 32.4 Å². The largest absolute Gasteiger partial charge is 0.368 e. The second kappa shape index (κ2) is 8.92. The highest BCUT2D eigenvalue weighted by atomic mass is 15.4. The molecule has 174 valence electrons. The summed E-state index contributed by atoms with van der Waals surface area (Å²) in [5.74, 6) is 2.57. The first-order chi connectivity index (χ1) is 15.5. The molecular weight excluding hydrogens is 404 g/mol. The molecule has 4 heterocycles. The maximum atomic E-state index is 6.08. The number of aromatic nitrogens is 5. The summed E-state index contributed by atoms with van der Waals surface area (Å²) in [7, 11) is 0. The van der Waals surface area contributed by atoms with E-state index in [-0.39, 0.29) is 5.95 Å². The Morgan fingerprint density at radius 3 is 2.84 bits per heavy atom. The lowest BCUT2D eigenvalue weighted by Gasteiger charge is -2.30. The van der Waals surface area contributed by atoms with Gasteiger partial charge >= 0.3 is 0 Å². The van der Waals surface area contributed by atoms with Gasteiger partial charge in [0.15, 0.2) is 0 Å². The van der Waals surface area contributed by atoms with E-state index in [1.807, 2.05) is 4.68 Å². The van der Waals surface area contributed by atoms with Crippen molar-refractivity contribution in [3.63, 3.8) is 0 Å². The molecule has 0 bridgehead atoms. The zero-order valence-electron chi connectivity index (χ0n) is 19.2. The number of hydrogen-bond acceptors (Lipinski definition) is 9. The van der Waals surface area contributed by atoms with Crippen LogP contribution in [0.4, 0.5) is 11.9 Å². The standard InChI is InChI=1S/C22H36N10/c1-22(2,18-7-10-32(30-18)12-11-31-8-3-4-9-31)28-21-26-19(25-20(23)27-21)15-5-6-16-14-24-29-17(16)13-15/h7,10,15-17,24,29H,3-6,8-9,11-14H2,1-2H3,(H3,23,25,26,27,28). The molecule has 10 nitrogen and oxygen atoms in total. The molecule has 0 radical (unpaired) electrons. The number of nitrogen functional groups attached to an aromatic ring is 1. The predicted molar refractivity (Wildman–Crippen MR) is 124 cm³/mol. The van der Waals surface area contributed by atoms with Gasteiger partial charge in [0.05, 0.1) is 17.8 Å². The third-order valence-corrected chi connectivity index (χ3v) is 7.23. The molecular formula is C22H36N10. The van der Waals surface area contributed by atoms with Crippen molar-refractivity contribution in [1.82, 2.24) is 40.5 Å². The number of fused-ring (bicyclic) bond motifs is 1. The van der Waals surface area contributed by atoms with Crippen LogP contribution in [0.15, 0.2) is 12.3 Å². The minimum atomic E-state index is -0.432. The highest BCUT2D eigenvalue weighted by Crippen LogP contribution is 2.36. The van der Waals surface area contributed by atoms with Crippen LogP contribution in [0.2, 0.25) is 0 Å². The lowest BCUT2D eigenvalue weighted by molar-refractivity contribution is 0.296. The van der Waals surface area contributed by atoms with Gasteiger partial charge in [0, 0.05) is 31.2 Å². The van der Waals surface area contributed by atoms with Crippen LogP contribution < -0.4 is 21.9 Å². The average molecular weight is 441 g/mol. The lowest BCUT2D eigenvalue weighted by Crippen LogP contribution is -2.36. The van der Waals surface area contributed by atoms with E-state index in [2.05, 4.69) is 57.1 Å². The summed E-state index contributed by atoms with van der Waals surface area (Å²) >= 11 is 0. The second-order valence-corrected chi connectivity index (χ2v) is 10.0. The lowest BCUT2D eigenvalue weighted by atomic mass is 9.79. The van der Waals surface area contributed by atoms with Crippen LogP contribution in [0.5, 0.6) is 0 Å². The molecule has 2 aromatic heterocycles. The molecule has 2 saturated heterocycles. The van der Waals surface area contributed by atoms with Gasteiger partial charge in [-0.05, 0) is 71.0 Å². The van der Waals surface area contributed by atoms with Crippen LogP contribution in [0.1, 0.15) is 63.4 Å². The summed E-state index contributed by atoms with van der Waals surface area (Å²) in [4.78, 5) is 16.1. The molecule has 0 aromatic carbocycles. The Hall–Kier alpha value is -2.30. The van der Waals surface area contributed by atoms with E-state index in [4.69, 9.17) is 15.8 Å². The van der Waals surface area contributed by atoms with Gasteiger partial charge in [0.25, 0.3) is 0 Å². The molecule has 1 aliphatic carbocycles. The van der Waals surface area contributed by atoms with Crippen LogP contribution >= 0.6 is 0 Å².